The van der Waals surface area contributed by atoms with Crippen LogP contribution in [0.2, 0.25) is 5.02 Å². The van der Waals surface area contributed by atoms with Crippen molar-refractivity contribution in [3.8, 4) is 5.88 Å². The number of carbonyl (C=O) groups excluding carboxylic acids is 1. The monoisotopic (exact) mass is 257 g/mol. The first-order valence-electron chi connectivity index (χ1n) is 4.93. The van der Waals surface area contributed by atoms with Gasteiger partial charge in [0.25, 0.3) is 0 Å². The Labute approximate surface area is 101 Å². The predicted molar refractivity (Wildman–Crippen MR) is 60.9 cm³/mol. The Hall–Kier alpha value is -1.75. The van der Waals surface area contributed by atoms with Gasteiger partial charge < -0.3 is 14.5 Å². The maximum atomic E-state index is 13.0. The smallest absolute Gasteiger partial charge is 0.434 e. The quantitative estimate of drug-likeness (QED) is 0.838. The molecular weight excluding hydrogens is 249 g/mol. The number of hydrogen-bond donors (Lipinski definition) is 1. The van der Waals surface area contributed by atoms with Crippen LogP contribution in [0.15, 0.2) is 18.2 Å². The summed E-state index contributed by atoms with van der Waals surface area (Å²) in [7, 11) is 0. The first-order valence-corrected chi connectivity index (χ1v) is 5.31. The van der Waals surface area contributed by atoms with Crippen LogP contribution in [0.3, 0.4) is 0 Å². The number of H-pyrrole nitrogens is 1. The molecule has 6 heteroatoms. The number of rotatable bonds is 2. The minimum atomic E-state index is -0.860. The van der Waals surface area contributed by atoms with Crippen LogP contribution in [-0.2, 0) is 4.74 Å². The van der Waals surface area contributed by atoms with Gasteiger partial charge >= 0.3 is 6.16 Å². The van der Waals surface area contributed by atoms with Crippen LogP contribution >= 0.6 is 11.6 Å². The minimum absolute atomic E-state index is 0.0470. The first-order chi connectivity index (χ1) is 8.11. The average Bonchev–Trinajstić information content (AvgIpc) is 2.57. The first kappa shape index (κ1) is 11.7. The Morgan fingerprint density at radius 1 is 1.53 bits per heavy atom. The lowest BCUT2D eigenvalue weighted by atomic mass is 10.2. The molecule has 1 N–H and O–H groups in total. The lowest BCUT2D eigenvalue weighted by molar-refractivity contribution is 0.103. The summed E-state index contributed by atoms with van der Waals surface area (Å²) in [6.45, 7) is 1.86. The summed E-state index contributed by atoms with van der Waals surface area (Å²) < 4.78 is 22.5. The average molecular weight is 258 g/mol. The molecule has 1 aromatic heterocycles. The number of aromatic amines is 1. The Morgan fingerprint density at radius 2 is 2.29 bits per heavy atom. The van der Waals surface area contributed by atoms with E-state index in [0.717, 1.165) is 0 Å². The highest BCUT2D eigenvalue weighted by Gasteiger charge is 2.15. The molecule has 0 saturated carbocycles. The highest BCUT2D eigenvalue weighted by molar-refractivity contribution is 6.37. The van der Waals surface area contributed by atoms with Crippen molar-refractivity contribution in [2.45, 2.75) is 6.92 Å². The summed E-state index contributed by atoms with van der Waals surface area (Å²) in [4.78, 5) is 13.9. The molecule has 0 aliphatic rings. The third-order valence-electron chi connectivity index (χ3n) is 2.11. The van der Waals surface area contributed by atoms with Crippen LogP contribution in [0.5, 0.6) is 5.88 Å². The zero-order valence-electron chi connectivity index (χ0n) is 8.92. The molecule has 0 spiro atoms. The Bertz CT molecular complexity index is 567. The topological polar surface area (TPSA) is 51.3 Å². The number of carbonyl (C=O) groups is 1. The molecule has 1 aromatic carbocycles. The van der Waals surface area contributed by atoms with Gasteiger partial charge in [-0.1, -0.05) is 11.6 Å². The molecule has 2 rings (SSSR count). The standard InChI is InChI=1S/C11H9ClFNO3/c1-2-16-11(15)17-10-9(12)7-5-6(13)3-4-8(7)14-10/h3-5,14H,2H2,1H3. The van der Waals surface area contributed by atoms with Gasteiger partial charge in [0.2, 0.25) is 5.88 Å². The normalized spacial score (nSPS) is 10.5. The van der Waals surface area contributed by atoms with E-state index in [2.05, 4.69) is 9.72 Å². The van der Waals surface area contributed by atoms with Crippen LogP contribution in [0.25, 0.3) is 10.9 Å². The molecule has 1 heterocycles. The molecule has 2 aromatic rings. The van der Waals surface area contributed by atoms with Gasteiger partial charge in [-0.15, -0.1) is 0 Å². The van der Waals surface area contributed by atoms with Crippen LogP contribution in [-0.4, -0.2) is 17.7 Å². The van der Waals surface area contributed by atoms with Crippen molar-refractivity contribution in [1.29, 1.82) is 0 Å². The van der Waals surface area contributed by atoms with Crippen molar-refractivity contribution in [3.63, 3.8) is 0 Å². The number of halogens is 2. The molecule has 0 unspecified atom stereocenters. The highest BCUT2D eigenvalue weighted by atomic mass is 35.5. The molecule has 17 heavy (non-hydrogen) atoms. The fourth-order valence-corrected chi connectivity index (χ4v) is 1.65. The molecule has 0 bridgehead atoms. The fraction of sp³-hybridized carbons (Fsp3) is 0.182. The fourth-order valence-electron chi connectivity index (χ4n) is 1.41. The lowest BCUT2D eigenvalue weighted by Gasteiger charge is -2.01. The third kappa shape index (κ3) is 2.34. The van der Waals surface area contributed by atoms with Gasteiger partial charge in [-0.25, -0.2) is 9.18 Å². The lowest BCUT2D eigenvalue weighted by Crippen LogP contribution is -2.10. The van der Waals surface area contributed by atoms with Crippen LogP contribution in [0, 0.1) is 5.82 Å². The van der Waals surface area contributed by atoms with E-state index in [4.69, 9.17) is 16.3 Å². The molecule has 0 aliphatic heterocycles. The maximum absolute atomic E-state index is 13.0. The summed E-state index contributed by atoms with van der Waals surface area (Å²) >= 11 is 5.94. The summed E-state index contributed by atoms with van der Waals surface area (Å²) in [5, 5.41) is 0.596. The Balaban J connectivity index is 2.35. The second-order valence-electron chi connectivity index (χ2n) is 3.24. The van der Waals surface area contributed by atoms with Crippen molar-refractivity contribution >= 4 is 28.7 Å². The van der Waals surface area contributed by atoms with Gasteiger partial charge in [-0.2, -0.15) is 0 Å². The van der Waals surface area contributed by atoms with E-state index in [9.17, 15) is 9.18 Å². The van der Waals surface area contributed by atoms with Gasteiger partial charge in [0.15, 0.2) is 0 Å². The predicted octanol–water partition coefficient (Wildman–Crippen LogP) is 3.50. The number of fused-ring (bicyclic) bond motifs is 1. The molecule has 90 valence electrons. The van der Waals surface area contributed by atoms with Crippen LogP contribution in [0.1, 0.15) is 6.92 Å². The second-order valence-corrected chi connectivity index (χ2v) is 3.62. The van der Waals surface area contributed by atoms with Crippen molar-refractivity contribution in [2.75, 3.05) is 6.61 Å². The van der Waals surface area contributed by atoms with Crippen molar-refractivity contribution in [1.82, 2.24) is 4.98 Å². The molecular formula is C11H9ClFNO3. The zero-order valence-corrected chi connectivity index (χ0v) is 9.68. The van der Waals surface area contributed by atoms with Crippen molar-refractivity contribution in [2.24, 2.45) is 0 Å². The SMILES string of the molecule is CCOC(=O)Oc1[nH]c2ccc(F)cc2c1Cl. The van der Waals surface area contributed by atoms with Gasteiger partial charge in [0, 0.05) is 5.39 Å². The zero-order chi connectivity index (χ0) is 12.4. The summed E-state index contributed by atoms with van der Waals surface area (Å²) in [6, 6.07) is 4.05. The third-order valence-corrected chi connectivity index (χ3v) is 2.49. The van der Waals surface area contributed by atoms with Gasteiger partial charge in [-0.3, -0.25) is 0 Å². The largest absolute Gasteiger partial charge is 0.515 e. The van der Waals surface area contributed by atoms with Gasteiger partial charge in [0.1, 0.15) is 10.8 Å². The molecule has 0 aliphatic carbocycles. The maximum Gasteiger partial charge on any atom is 0.515 e. The Kier molecular flexibility index (Phi) is 3.19. The highest BCUT2D eigenvalue weighted by Crippen LogP contribution is 2.33. The van der Waals surface area contributed by atoms with E-state index >= 15 is 0 Å². The summed E-state index contributed by atoms with van der Waals surface area (Å²) in [5.41, 5.74) is 0.579. The van der Waals surface area contributed by atoms with Crippen LogP contribution in [0.4, 0.5) is 9.18 Å². The number of ether oxygens (including phenoxy) is 2. The molecule has 0 amide bonds. The number of nitrogens with one attached hydrogen (secondary N) is 1. The van der Waals surface area contributed by atoms with E-state index in [1.807, 2.05) is 0 Å². The van der Waals surface area contributed by atoms with Crippen molar-refractivity contribution < 1.29 is 18.7 Å². The molecule has 0 atom stereocenters. The van der Waals surface area contributed by atoms with Gasteiger partial charge in [0.05, 0.1) is 12.1 Å². The summed E-state index contributed by atoms with van der Waals surface area (Å²) in [6.07, 6.45) is -0.860. The van der Waals surface area contributed by atoms with E-state index in [0.29, 0.717) is 10.9 Å². The Morgan fingerprint density at radius 3 is 3.00 bits per heavy atom. The number of aromatic nitrogens is 1. The second kappa shape index (κ2) is 4.63. The molecule has 0 radical (unpaired) electrons. The van der Waals surface area contributed by atoms with E-state index < -0.39 is 12.0 Å². The number of hydrogen-bond acceptors (Lipinski definition) is 3. The molecule has 0 fully saturated rings. The van der Waals surface area contributed by atoms with Gasteiger partial charge in [-0.05, 0) is 25.1 Å². The van der Waals surface area contributed by atoms with Crippen LogP contribution < -0.4 is 4.74 Å². The van der Waals surface area contributed by atoms with E-state index in [1.165, 1.54) is 18.2 Å². The summed E-state index contributed by atoms with van der Waals surface area (Å²) in [5.74, 6) is -0.369. The van der Waals surface area contributed by atoms with E-state index in [1.54, 1.807) is 6.92 Å². The molecule has 4 nitrogen and oxygen atoms in total. The van der Waals surface area contributed by atoms with E-state index in [-0.39, 0.29) is 17.5 Å². The minimum Gasteiger partial charge on any atom is -0.434 e. The molecule has 0 saturated heterocycles. The number of benzene rings is 1. The van der Waals surface area contributed by atoms with Crippen molar-refractivity contribution in [3.05, 3.63) is 29.0 Å².